The zero-order valence-corrected chi connectivity index (χ0v) is 35.1. The van der Waals surface area contributed by atoms with Crippen LogP contribution in [-0.4, -0.2) is 17.3 Å². The van der Waals surface area contributed by atoms with E-state index in [0.29, 0.717) is 24.7 Å². The maximum absolute atomic E-state index is 12.6. The molecular weight excluding hydrogens is 761 g/mol. The van der Waals surface area contributed by atoms with Crippen LogP contribution in [0.2, 0.25) is 0 Å². The normalized spacial score (nSPS) is 17.2. The summed E-state index contributed by atoms with van der Waals surface area (Å²) in [5.41, 5.74) is 14.0. The van der Waals surface area contributed by atoms with Gasteiger partial charge >= 0.3 is 321 Å². The van der Waals surface area contributed by atoms with Crippen LogP contribution in [0.4, 0.5) is 0 Å². The monoisotopic (exact) mass is 809 g/mol. The molecule has 4 nitrogen and oxygen atoms in total. The summed E-state index contributed by atoms with van der Waals surface area (Å²) in [4.78, 5) is 25.1. The molecule has 0 spiro atoms. The van der Waals surface area contributed by atoms with Gasteiger partial charge in [-0.3, -0.25) is 0 Å². The molecule has 2 unspecified atom stereocenters. The number of hydrogen-bond donors (Lipinski definition) is 2. The van der Waals surface area contributed by atoms with E-state index in [0.717, 1.165) is 70.2 Å². The number of halogens is 2. The van der Waals surface area contributed by atoms with Crippen molar-refractivity contribution in [2.45, 2.75) is 74.5 Å². The van der Waals surface area contributed by atoms with Crippen molar-refractivity contribution in [2.24, 2.45) is 11.8 Å². The number of hydrogen-bond acceptors (Lipinski definition) is 2. The fraction of sp³-hybridized carbons (Fsp3) is 0.318. The van der Waals surface area contributed by atoms with E-state index in [1.54, 1.807) is 0 Å². The molecule has 2 N–H and O–H groups in total. The molecule has 2 aliphatic rings. The molecule has 269 valence electrons. The minimum absolute atomic E-state index is 0.317. The summed E-state index contributed by atoms with van der Waals surface area (Å²) in [5, 5.41) is 6.02. The number of amides is 2. The van der Waals surface area contributed by atoms with Crippen LogP contribution in [0.5, 0.6) is 0 Å². The van der Waals surface area contributed by atoms with E-state index >= 15 is 0 Å². The molecule has 0 bridgehead atoms. The molecule has 8 heteroatoms. The summed E-state index contributed by atoms with van der Waals surface area (Å²) >= 11 is -5.89. The Morgan fingerprint density at radius 1 is 0.615 bits per heavy atom. The number of rotatable bonds is 15. The van der Waals surface area contributed by atoms with Gasteiger partial charge in [-0.2, -0.15) is 0 Å². The number of fused-ring (bicyclic) bond motifs is 2. The van der Waals surface area contributed by atoms with Crippen LogP contribution in [0.25, 0.3) is 34.4 Å². The second-order valence-corrected chi connectivity index (χ2v) is 36.8. The third-order valence-corrected chi connectivity index (χ3v) is 31.1. The van der Waals surface area contributed by atoms with Crippen LogP contribution in [0.1, 0.15) is 95.0 Å². The number of carbonyl (C=O) groups excluding carboxylic acids is 2. The van der Waals surface area contributed by atoms with Gasteiger partial charge in [-0.1, -0.05) is 0 Å². The molecule has 0 heterocycles. The number of nitrogens with one attached hydrogen (secondary N) is 2. The Hall–Kier alpha value is -3.17. The first-order valence-corrected chi connectivity index (χ1v) is 29.4. The van der Waals surface area contributed by atoms with Crippen molar-refractivity contribution in [3.05, 3.63) is 129 Å². The summed E-state index contributed by atoms with van der Waals surface area (Å²) in [7, 11) is 17.4. The Morgan fingerprint density at radius 3 is 1.37 bits per heavy atom. The van der Waals surface area contributed by atoms with Crippen LogP contribution in [0, 0.1) is 11.8 Å². The first-order chi connectivity index (χ1) is 25.0. The predicted octanol–water partition coefficient (Wildman–Crippen LogP) is 11.3. The van der Waals surface area contributed by atoms with Gasteiger partial charge in [-0.05, 0) is 0 Å². The van der Waals surface area contributed by atoms with E-state index in [9.17, 15) is 9.59 Å². The topological polar surface area (TPSA) is 58.2 Å². The first kappa shape index (κ1) is 38.5. The summed E-state index contributed by atoms with van der Waals surface area (Å²) in [6.07, 6.45) is 9.30. The Labute approximate surface area is 318 Å². The van der Waals surface area contributed by atoms with Gasteiger partial charge in [0.1, 0.15) is 0 Å². The maximum atomic E-state index is 12.6. The van der Waals surface area contributed by atoms with E-state index < -0.39 is 20.7 Å². The molecule has 0 saturated heterocycles. The van der Waals surface area contributed by atoms with Gasteiger partial charge in [0.15, 0.2) is 0 Å². The van der Waals surface area contributed by atoms with Crippen molar-refractivity contribution in [1.82, 2.24) is 10.5 Å². The van der Waals surface area contributed by atoms with Crippen LogP contribution >= 0.6 is 17.0 Å². The standard InChI is InChI=1S/2C21H23.C2H3BN2O2.2ClH.Zr/c2*1-4-17-8-5-6-10-19(17)20-11-7-9-18-13-16(12-15(2)3)14-21(18)20;6-1-4-3-5-2-7;;;/h2*5-11,13-15H,4,12H2,1-3H3;1-2H,(H-,4,5,6,7);2*1H;/q;;;;;+1/p-1. The van der Waals surface area contributed by atoms with Gasteiger partial charge in [-0.15, -0.1) is 0 Å². The minimum atomic E-state index is -5.89. The van der Waals surface area contributed by atoms with Crippen molar-refractivity contribution in [1.29, 1.82) is 0 Å². The average molecular weight is 812 g/mol. The summed E-state index contributed by atoms with van der Waals surface area (Å²) in [6, 6.07) is 30.1. The summed E-state index contributed by atoms with van der Waals surface area (Å²) < 4.78 is -1.73. The molecule has 6 rings (SSSR count). The van der Waals surface area contributed by atoms with E-state index in [4.69, 9.17) is 17.0 Å². The van der Waals surface area contributed by atoms with Gasteiger partial charge in [0.25, 0.3) is 0 Å². The Bertz CT molecular complexity index is 1910. The zero-order valence-electron chi connectivity index (χ0n) is 31.2. The predicted molar refractivity (Wildman–Crippen MR) is 219 cm³/mol. The molecular formula is C44H50BCl2N2O2Zr. The van der Waals surface area contributed by atoms with Crippen molar-refractivity contribution in [3.8, 4) is 22.3 Å². The van der Waals surface area contributed by atoms with Gasteiger partial charge in [0.2, 0.25) is 0 Å². The van der Waals surface area contributed by atoms with Crippen molar-refractivity contribution < 1.29 is 25.8 Å². The quantitative estimate of drug-likeness (QED) is 0.0928. The average Bonchev–Trinajstić information content (AvgIpc) is 3.70. The van der Waals surface area contributed by atoms with Crippen LogP contribution in [0.3, 0.4) is 0 Å². The van der Waals surface area contributed by atoms with Crippen LogP contribution in [-0.2, 0) is 38.6 Å². The third-order valence-electron chi connectivity index (χ3n) is 11.1. The molecule has 0 radical (unpaired) electrons. The van der Waals surface area contributed by atoms with Crippen LogP contribution < -0.4 is 10.5 Å². The number of benzene rings is 4. The third kappa shape index (κ3) is 6.74. The van der Waals surface area contributed by atoms with Gasteiger partial charge < -0.3 is 0 Å². The zero-order chi connectivity index (χ0) is 37.2. The second-order valence-electron chi connectivity index (χ2n) is 15.4. The molecule has 0 aromatic heterocycles. The second kappa shape index (κ2) is 15.7. The van der Waals surface area contributed by atoms with E-state index in [-0.39, 0.29) is 7.25 Å². The Kier molecular flexibility index (Phi) is 11.6. The fourth-order valence-corrected chi connectivity index (χ4v) is 29.8. The molecule has 0 aliphatic heterocycles. The van der Waals surface area contributed by atoms with E-state index in [2.05, 4.69) is 149 Å². The fourth-order valence-electron chi connectivity index (χ4n) is 9.18. The molecule has 4 aromatic rings. The number of carbonyl (C=O) groups is 2. The molecule has 2 atom stereocenters. The summed E-state index contributed by atoms with van der Waals surface area (Å²) in [5.74, 6) is 0.633. The van der Waals surface area contributed by atoms with E-state index in [1.807, 2.05) is 0 Å². The molecule has 2 amide bonds. The molecule has 2 aliphatic carbocycles. The number of aryl methyl sites for hydroxylation is 2. The Balaban J connectivity index is 1.70. The Morgan fingerprint density at radius 2 is 1.00 bits per heavy atom. The number of allylic oxidation sites excluding steroid dienone is 2. The first-order valence-electron chi connectivity index (χ1n) is 18.8. The van der Waals surface area contributed by atoms with Crippen molar-refractivity contribution >= 4 is 46.5 Å². The van der Waals surface area contributed by atoms with Crippen molar-refractivity contribution in [3.63, 3.8) is 0 Å². The van der Waals surface area contributed by atoms with Gasteiger partial charge in [0.05, 0.1) is 0 Å². The molecule has 4 aromatic carbocycles. The van der Waals surface area contributed by atoms with Crippen molar-refractivity contribution in [2.75, 3.05) is 0 Å². The molecule has 0 fully saturated rings. The molecule has 52 heavy (non-hydrogen) atoms. The summed E-state index contributed by atoms with van der Waals surface area (Å²) in [6.45, 7) is 13.3. The molecule has 0 saturated carbocycles. The van der Waals surface area contributed by atoms with Crippen LogP contribution in [0.15, 0.2) is 96.1 Å². The van der Waals surface area contributed by atoms with Gasteiger partial charge in [0, 0.05) is 0 Å². The van der Waals surface area contributed by atoms with Gasteiger partial charge in [-0.25, -0.2) is 0 Å². The van der Waals surface area contributed by atoms with E-state index in [1.165, 1.54) is 22.3 Å². The SMILES string of the molecule is CCc1ccccc1-c1cccc2c1C=C(CC(C)C)[CH]2[Zr]([Cl])([Cl])([B](NC=O)NC=O)[CH]1C(CC(C)C)=Cc2c(-c3ccccc3CC)cccc21.